The third kappa shape index (κ3) is 6.40. The Bertz CT molecular complexity index is 1100. The molecule has 9 nitrogen and oxygen atoms in total. The zero-order valence-electron chi connectivity index (χ0n) is 17.9. The van der Waals surface area contributed by atoms with Gasteiger partial charge in [-0.3, -0.25) is 4.79 Å². The molecule has 0 aliphatic heterocycles. The van der Waals surface area contributed by atoms with E-state index in [0.717, 1.165) is 48.4 Å². The van der Waals surface area contributed by atoms with Gasteiger partial charge in [0.05, 0.1) is 15.5 Å². The highest BCUT2D eigenvalue weighted by Crippen LogP contribution is 2.25. The van der Waals surface area contributed by atoms with Crippen LogP contribution in [-0.4, -0.2) is 50.7 Å². The van der Waals surface area contributed by atoms with Gasteiger partial charge in [0.25, 0.3) is 0 Å². The summed E-state index contributed by atoms with van der Waals surface area (Å²) in [6, 6.07) is 3.81. The molecule has 170 valence electrons. The molecule has 4 rings (SSSR count). The van der Waals surface area contributed by atoms with Gasteiger partial charge in [-0.25, -0.2) is 15.4 Å². The van der Waals surface area contributed by atoms with Crippen LogP contribution >= 0.6 is 22.9 Å². The number of hydroxylamine groups is 1. The number of aromatic amines is 1. The van der Waals surface area contributed by atoms with Crippen molar-refractivity contribution in [1.82, 2.24) is 30.7 Å². The molecule has 2 unspecified atom stereocenters. The molecule has 1 aliphatic rings. The van der Waals surface area contributed by atoms with Crippen LogP contribution in [0.2, 0.25) is 4.34 Å². The quantitative estimate of drug-likeness (QED) is 0.283. The minimum atomic E-state index is 0.0859. The van der Waals surface area contributed by atoms with Gasteiger partial charge in [0, 0.05) is 25.6 Å². The maximum Gasteiger partial charge on any atom is 0.222 e. The summed E-state index contributed by atoms with van der Waals surface area (Å²) in [5, 5.41) is 14.4. The number of imidazole rings is 1. The first-order valence-corrected chi connectivity index (χ1v) is 11.6. The van der Waals surface area contributed by atoms with Crippen molar-refractivity contribution in [2.45, 2.75) is 38.6 Å². The third-order valence-electron chi connectivity index (χ3n) is 4.93. The molecule has 5 N–H and O–H groups in total. The normalized spacial score (nSPS) is 17.2. The van der Waals surface area contributed by atoms with E-state index in [1.54, 1.807) is 13.4 Å². The van der Waals surface area contributed by atoms with Gasteiger partial charge in [-0.05, 0) is 49.7 Å². The number of thiophene rings is 1. The predicted molar refractivity (Wildman–Crippen MR) is 126 cm³/mol. The van der Waals surface area contributed by atoms with Gasteiger partial charge in [0.1, 0.15) is 5.52 Å². The molecule has 0 radical (unpaired) electrons. The van der Waals surface area contributed by atoms with Crippen molar-refractivity contribution < 1.29 is 10.0 Å². The standard InChI is InChI=1S/C14H12ClN5S.C7H14N2O2/c1-2-7-16-13-12-14(18-8-17-12)20-11(19-13)6-4-9-3-5-10(15)21-9;1-8-7(10)5-2-3-6(4-5)9-11/h3,5,8H,2,7H2,1H3,(H2,16,17,18,19,20);5-6,9,11H,2-4H2,1H3,(H,8,10). The number of halogens is 1. The topological polar surface area (TPSA) is 128 Å². The van der Waals surface area contributed by atoms with Crippen LogP contribution in [0, 0.1) is 17.8 Å². The molecule has 0 spiro atoms. The predicted octanol–water partition coefficient (Wildman–Crippen LogP) is 3.17. The zero-order chi connectivity index (χ0) is 22.9. The zero-order valence-corrected chi connectivity index (χ0v) is 19.5. The summed E-state index contributed by atoms with van der Waals surface area (Å²) in [6.07, 6.45) is 5.11. The molecule has 0 bridgehead atoms. The van der Waals surface area contributed by atoms with Crippen LogP contribution in [0.4, 0.5) is 5.82 Å². The highest BCUT2D eigenvalue weighted by atomic mass is 35.5. The van der Waals surface area contributed by atoms with Crippen molar-refractivity contribution in [2.75, 3.05) is 18.9 Å². The fourth-order valence-corrected chi connectivity index (χ4v) is 4.20. The Hall–Kier alpha value is -2.71. The number of rotatable bonds is 5. The lowest BCUT2D eigenvalue weighted by Crippen LogP contribution is -2.28. The molecule has 1 saturated carbocycles. The van der Waals surface area contributed by atoms with E-state index < -0.39 is 0 Å². The van der Waals surface area contributed by atoms with E-state index in [9.17, 15) is 4.79 Å². The van der Waals surface area contributed by atoms with Gasteiger partial charge >= 0.3 is 0 Å². The summed E-state index contributed by atoms with van der Waals surface area (Å²) in [4.78, 5) is 27.9. The number of amides is 1. The molecule has 1 amide bonds. The van der Waals surface area contributed by atoms with Crippen LogP contribution in [0.3, 0.4) is 0 Å². The van der Waals surface area contributed by atoms with Crippen LogP contribution in [0.1, 0.15) is 43.3 Å². The maximum atomic E-state index is 11.1. The first-order valence-electron chi connectivity index (χ1n) is 10.4. The summed E-state index contributed by atoms with van der Waals surface area (Å²) >= 11 is 7.31. The van der Waals surface area contributed by atoms with Crippen LogP contribution < -0.4 is 16.1 Å². The number of carbonyl (C=O) groups excluding carboxylic acids is 1. The number of nitrogens with zero attached hydrogens (tertiary/aromatic N) is 3. The Kier molecular flexibility index (Phi) is 8.81. The van der Waals surface area contributed by atoms with Gasteiger partial charge in [0.2, 0.25) is 11.7 Å². The Morgan fingerprint density at radius 3 is 2.84 bits per heavy atom. The first-order chi connectivity index (χ1) is 15.5. The smallest absolute Gasteiger partial charge is 0.222 e. The summed E-state index contributed by atoms with van der Waals surface area (Å²) in [6.45, 7) is 2.93. The van der Waals surface area contributed by atoms with E-state index in [1.165, 1.54) is 11.3 Å². The lowest BCUT2D eigenvalue weighted by molar-refractivity contribution is -0.124. The second-order valence-electron chi connectivity index (χ2n) is 7.23. The Morgan fingerprint density at radius 1 is 1.34 bits per heavy atom. The molecule has 0 aromatic carbocycles. The number of carbonyl (C=O) groups is 1. The SMILES string of the molecule is CCCNc1nc(C#Cc2ccc(Cl)s2)nc2nc[nH]c12.CNC(=O)C1CCC(NO)C1. The van der Waals surface area contributed by atoms with Crippen molar-refractivity contribution in [3.05, 3.63) is 33.5 Å². The highest BCUT2D eigenvalue weighted by Gasteiger charge is 2.28. The fourth-order valence-electron chi connectivity index (χ4n) is 3.30. The summed E-state index contributed by atoms with van der Waals surface area (Å²) in [5.74, 6) is 7.32. The minimum Gasteiger partial charge on any atom is -0.368 e. The Balaban J connectivity index is 0.000000222. The summed E-state index contributed by atoms with van der Waals surface area (Å²) in [5.41, 5.74) is 3.60. The molecule has 2 atom stereocenters. The number of H-pyrrole nitrogens is 1. The van der Waals surface area contributed by atoms with Gasteiger partial charge in [-0.15, -0.1) is 11.3 Å². The summed E-state index contributed by atoms with van der Waals surface area (Å²) < 4.78 is 0.716. The molecule has 1 fully saturated rings. The van der Waals surface area contributed by atoms with Crippen LogP contribution in [0.5, 0.6) is 0 Å². The first kappa shape index (κ1) is 23.9. The number of fused-ring (bicyclic) bond motifs is 1. The number of hydrogen-bond donors (Lipinski definition) is 5. The van der Waals surface area contributed by atoms with Gasteiger partial charge < -0.3 is 20.8 Å². The molecule has 11 heteroatoms. The number of nitrogens with one attached hydrogen (secondary N) is 4. The largest absolute Gasteiger partial charge is 0.368 e. The van der Waals surface area contributed by atoms with E-state index in [-0.39, 0.29) is 17.9 Å². The van der Waals surface area contributed by atoms with Gasteiger partial charge in [0.15, 0.2) is 11.5 Å². The van der Waals surface area contributed by atoms with Crippen LogP contribution in [0.25, 0.3) is 11.2 Å². The van der Waals surface area contributed by atoms with Gasteiger partial charge in [-0.2, -0.15) is 4.98 Å². The van der Waals surface area contributed by atoms with Crippen molar-refractivity contribution >= 4 is 45.8 Å². The molecule has 0 saturated heterocycles. The molecule has 3 aromatic heterocycles. The number of aromatic nitrogens is 4. The lowest BCUT2D eigenvalue weighted by atomic mass is 10.1. The van der Waals surface area contributed by atoms with Crippen molar-refractivity contribution in [3.63, 3.8) is 0 Å². The minimum absolute atomic E-state index is 0.0859. The monoisotopic (exact) mass is 475 g/mol. The molecule has 3 aromatic rings. The van der Waals surface area contributed by atoms with Crippen molar-refractivity contribution in [3.8, 4) is 11.8 Å². The summed E-state index contributed by atoms with van der Waals surface area (Å²) in [7, 11) is 1.64. The van der Waals surface area contributed by atoms with E-state index in [4.69, 9.17) is 16.8 Å². The molecular weight excluding hydrogens is 450 g/mol. The second kappa shape index (κ2) is 11.8. The average molecular weight is 476 g/mol. The Labute approximate surface area is 195 Å². The van der Waals surface area contributed by atoms with E-state index >= 15 is 0 Å². The lowest BCUT2D eigenvalue weighted by Gasteiger charge is -2.07. The molecular formula is C21H26ClN7O2S. The van der Waals surface area contributed by atoms with E-state index in [0.29, 0.717) is 15.8 Å². The highest BCUT2D eigenvalue weighted by molar-refractivity contribution is 7.16. The number of anilines is 1. The van der Waals surface area contributed by atoms with Crippen LogP contribution in [0.15, 0.2) is 18.5 Å². The molecule has 3 heterocycles. The maximum absolute atomic E-state index is 11.1. The molecule has 1 aliphatic carbocycles. The average Bonchev–Trinajstić information content (AvgIpc) is 3.56. The van der Waals surface area contributed by atoms with Crippen LogP contribution in [-0.2, 0) is 4.79 Å². The van der Waals surface area contributed by atoms with Crippen molar-refractivity contribution in [2.24, 2.45) is 5.92 Å². The third-order valence-corrected chi connectivity index (χ3v) is 6.08. The van der Waals surface area contributed by atoms with E-state index in [2.05, 4.69) is 54.8 Å². The second-order valence-corrected chi connectivity index (χ2v) is 8.94. The molecule has 32 heavy (non-hydrogen) atoms. The number of hydrogen-bond acceptors (Lipinski definition) is 8. The van der Waals surface area contributed by atoms with E-state index in [1.807, 2.05) is 12.1 Å². The van der Waals surface area contributed by atoms with Gasteiger partial charge in [-0.1, -0.05) is 18.5 Å². The fraction of sp³-hybridized carbons (Fsp3) is 0.429. The Morgan fingerprint density at radius 2 is 2.19 bits per heavy atom. The van der Waals surface area contributed by atoms with Crippen molar-refractivity contribution in [1.29, 1.82) is 0 Å².